The second kappa shape index (κ2) is 8.28. The molecule has 0 bridgehead atoms. The van der Waals surface area contributed by atoms with Gasteiger partial charge in [-0.15, -0.1) is 0 Å². The van der Waals surface area contributed by atoms with Gasteiger partial charge in [-0.2, -0.15) is 17.6 Å². The van der Waals surface area contributed by atoms with E-state index in [0.29, 0.717) is 0 Å². The van der Waals surface area contributed by atoms with Crippen molar-refractivity contribution in [2.24, 2.45) is 0 Å². The molecule has 0 atom stereocenters. The summed E-state index contributed by atoms with van der Waals surface area (Å²) in [7, 11) is 0. The van der Waals surface area contributed by atoms with Crippen molar-refractivity contribution in [2.75, 3.05) is 0 Å². The number of rotatable bonds is 0. The van der Waals surface area contributed by atoms with E-state index >= 15 is 0 Å². The van der Waals surface area contributed by atoms with Crippen molar-refractivity contribution in [3.8, 4) is 11.5 Å². The molecule has 2 N–H and O–H groups in total. The zero-order chi connectivity index (χ0) is 18.9. The molecule has 142 valence electrons. The van der Waals surface area contributed by atoms with Crippen molar-refractivity contribution in [3.05, 3.63) is 58.2 Å². The normalized spacial score (nSPS) is 10.0. The summed E-state index contributed by atoms with van der Waals surface area (Å²) in [5, 5.41) is 16.6. The van der Waals surface area contributed by atoms with E-state index in [2.05, 4.69) is 0 Å². The first-order valence-corrected chi connectivity index (χ1v) is 5.34. The van der Waals surface area contributed by atoms with Gasteiger partial charge in [0.1, 0.15) is 0 Å². The largest absolute Gasteiger partial charge is 0.503 e. The van der Waals surface area contributed by atoms with E-state index in [1.165, 1.54) is 0 Å². The molecule has 0 amide bonds. The molecule has 2 aromatic carbocycles. The van der Waals surface area contributed by atoms with Crippen LogP contribution in [0.2, 0.25) is 0 Å². The van der Waals surface area contributed by atoms with Gasteiger partial charge < -0.3 is 10.2 Å². The Balaban J connectivity index is 0.000000443. The molecule has 0 fully saturated rings. The molecule has 2 aromatic rings. The zero-order valence-corrected chi connectivity index (χ0v) is 12.0. The number of hydrogen-bond donors (Lipinski definition) is 2. The Morgan fingerprint density at radius 2 is 0.440 bits per heavy atom. The van der Waals surface area contributed by atoms with Gasteiger partial charge in [0, 0.05) is 16.5 Å². The Morgan fingerprint density at radius 1 is 0.320 bits per heavy atom. The Hall–Kier alpha value is -2.17. The summed E-state index contributed by atoms with van der Waals surface area (Å²) in [6, 6.07) is 0. The first kappa shape index (κ1) is 22.8. The monoisotopic (exact) mass is 426 g/mol. The van der Waals surface area contributed by atoms with Gasteiger partial charge in [-0.25, -0.2) is 26.3 Å². The van der Waals surface area contributed by atoms with Crippen molar-refractivity contribution in [3.63, 3.8) is 0 Å². The number of aromatic hydroxyl groups is 2. The molecule has 13 heteroatoms. The Labute approximate surface area is 141 Å². The summed E-state index contributed by atoms with van der Waals surface area (Å²) in [5.41, 5.74) is 0. The number of hydrogen-bond acceptors (Lipinski definition) is 2. The number of benzene rings is 2. The van der Waals surface area contributed by atoms with Crippen LogP contribution in [0.1, 0.15) is 0 Å². The third-order valence-electron chi connectivity index (χ3n) is 2.37. The van der Waals surface area contributed by atoms with Crippen LogP contribution < -0.4 is 0 Å². The maximum absolute atomic E-state index is 12.2. The predicted octanol–water partition coefficient (Wildman–Crippen LogP) is 4.17. The molecule has 0 unspecified atom stereocenters. The molecule has 0 saturated heterocycles. The minimum Gasteiger partial charge on any atom is -0.503 e. The Morgan fingerprint density at radius 3 is 0.600 bits per heavy atom. The van der Waals surface area contributed by atoms with Crippen molar-refractivity contribution < 1.29 is 70.6 Å². The predicted molar refractivity (Wildman–Crippen MR) is 55.8 cm³/mol. The third-order valence-corrected chi connectivity index (χ3v) is 2.37. The van der Waals surface area contributed by atoms with Crippen molar-refractivity contribution in [1.82, 2.24) is 0 Å². The van der Waals surface area contributed by atoms with Gasteiger partial charge in [0.05, 0.1) is 0 Å². The molecule has 0 heterocycles. The first-order valence-electron chi connectivity index (χ1n) is 5.34. The fourth-order valence-electron chi connectivity index (χ4n) is 1.19. The standard InChI is InChI=1S/2C6HF5O.Ni/c2*7-1-2(8)4(10)6(12)5(11)3(1)9;/h2*12H;. The average molecular weight is 427 g/mol. The van der Waals surface area contributed by atoms with E-state index in [1.807, 2.05) is 0 Å². The molecule has 2 nitrogen and oxygen atoms in total. The summed E-state index contributed by atoms with van der Waals surface area (Å²) in [4.78, 5) is 0. The molecule has 25 heavy (non-hydrogen) atoms. The van der Waals surface area contributed by atoms with Crippen LogP contribution >= 0.6 is 0 Å². The molecule has 2 rings (SSSR count). The van der Waals surface area contributed by atoms with E-state index in [-0.39, 0.29) is 16.5 Å². The maximum atomic E-state index is 12.2. The molecular weight excluding hydrogens is 425 g/mol. The summed E-state index contributed by atoms with van der Waals surface area (Å²) < 4.78 is 121. The third kappa shape index (κ3) is 4.09. The summed E-state index contributed by atoms with van der Waals surface area (Å²) in [5.74, 6) is -25.9. The van der Waals surface area contributed by atoms with E-state index in [1.54, 1.807) is 0 Å². The molecule has 0 aliphatic carbocycles. The van der Waals surface area contributed by atoms with Crippen LogP contribution in [0.25, 0.3) is 0 Å². The van der Waals surface area contributed by atoms with Crippen LogP contribution in [0.4, 0.5) is 43.9 Å². The fraction of sp³-hybridized carbons (Fsp3) is 0. The zero-order valence-electron chi connectivity index (χ0n) is 11.0. The maximum Gasteiger partial charge on any atom is 0.206 e. The van der Waals surface area contributed by atoms with Gasteiger partial charge in [0.2, 0.25) is 58.2 Å². The molecular formula is C12H2F10NiO2. The molecule has 0 aromatic heterocycles. The van der Waals surface area contributed by atoms with Crippen LogP contribution in [0.3, 0.4) is 0 Å². The van der Waals surface area contributed by atoms with E-state index in [0.717, 1.165) is 0 Å². The van der Waals surface area contributed by atoms with Crippen LogP contribution in [-0.4, -0.2) is 10.2 Å². The summed E-state index contributed by atoms with van der Waals surface area (Å²) in [6.45, 7) is 0. The van der Waals surface area contributed by atoms with E-state index in [9.17, 15) is 43.9 Å². The summed E-state index contributed by atoms with van der Waals surface area (Å²) >= 11 is 0. The molecule has 0 saturated carbocycles. The minimum absolute atomic E-state index is 0. The van der Waals surface area contributed by atoms with Crippen LogP contribution in [0, 0.1) is 58.2 Å². The van der Waals surface area contributed by atoms with Crippen LogP contribution in [0.15, 0.2) is 0 Å². The number of halogens is 10. The molecule has 0 aliphatic heterocycles. The van der Waals surface area contributed by atoms with E-state index < -0.39 is 69.7 Å². The number of phenols is 2. The average Bonchev–Trinajstić information content (AvgIpc) is 2.58. The SMILES string of the molecule is Oc1c(F)c(F)c(F)c(F)c1F.Oc1c(F)c(F)c(F)c(F)c1F.[Ni]. The second-order valence-corrected chi connectivity index (χ2v) is 3.84. The fourth-order valence-corrected chi connectivity index (χ4v) is 1.19. The molecule has 0 aliphatic rings. The van der Waals surface area contributed by atoms with Crippen LogP contribution in [0.5, 0.6) is 11.5 Å². The van der Waals surface area contributed by atoms with Gasteiger partial charge in [-0.3, -0.25) is 0 Å². The van der Waals surface area contributed by atoms with Gasteiger partial charge in [0.15, 0.2) is 11.5 Å². The molecule has 0 radical (unpaired) electrons. The van der Waals surface area contributed by atoms with Gasteiger partial charge in [0.25, 0.3) is 0 Å². The van der Waals surface area contributed by atoms with Crippen LogP contribution in [-0.2, 0) is 16.5 Å². The van der Waals surface area contributed by atoms with Crippen molar-refractivity contribution in [2.45, 2.75) is 0 Å². The van der Waals surface area contributed by atoms with Gasteiger partial charge in [-0.05, 0) is 0 Å². The topological polar surface area (TPSA) is 40.5 Å². The second-order valence-electron chi connectivity index (χ2n) is 3.84. The van der Waals surface area contributed by atoms with E-state index in [4.69, 9.17) is 10.2 Å². The van der Waals surface area contributed by atoms with Crippen molar-refractivity contribution in [1.29, 1.82) is 0 Å². The minimum atomic E-state index is -2.29. The Kier molecular flexibility index (Phi) is 7.56. The van der Waals surface area contributed by atoms with Crippen molar-refractivity contribution >= 4 is 0 Å². The number of phenolic OH excluding ortho intramolecular Hbond substituents is 2. The summed E-state index contributed by atoms with van der Waals surface area (Å²) in [6.07, 6.45) is 0. The molecule has 0 spiro atoms. The van der Waals surface area contributed by atoms with Gasteiger partial charge >= 0.3 is 0 Å². The smallest absolute Gasteiger partial charge is 0.206 e. The quantitative estimate of drug-likeness (QED) is 0.287. The first-order chi connectivity index (χ1) is 10.9. The Bertz CT molecular complexity index is 534. The van der Waals surface area contributed by atoms with Gasteiger partial charge in [-0.1, -0.05) is 0 Å².